The molecular weight excluding hydrogens is 272 g/mol. The van der Waals surface area contributed by atoms with Crippen molar-refractivity contribution in [2.75, 3.05) is 5.32 Å². The number of fused-ring (bicyclic) bond motifs is 5. The lowest BCUT2D eigenvalue weighted by molar-refractivity contribution is -0.384. The minimum atomic E-state index is -1.26. The van der Waals surface area contributed by atoms with E-state index in [2.05, 4.69) is 5.32 Å². The number of nitro benzene ring substituents is 1. The molecule has 6 nitrogen and oxygen atoms in total. The zero-order valence-corrected chi connectivity index (χ0v) is 11.4. The van der Waals surface area contributed by atoms with Crippen molar-refractivity contribution in [3.8, 4) is 0 Å². The van der Waals surface area contributed by atoms with Gasteiger partial charge in [0.2, 0.25) is 0 Å². The molecule has 4 rings (SSSR count). The van der Waals surface area contributed by atoms with Crippen molar-refractivity contribution in [1.29, 1.82) is 0 Å². The Hall–Kier alpha value is -2.11. The molecular formula is C15H16N2O4. The predicted molar refractivity (Wildman–Crippen MR) is 75.3 cm³/mol. The average Bonchev–Trinajstić information content (AvgIpc) is 2.83. The molecule has 3 aliphatic carbocycles. The van der Waals surface area contributed by atoms with E-state index >= 15 is 0 Å². The third-order valence-electron chi connectivity index (χ3n) is 5.51. The van der Waals surface area contributed by atoms with E-state index < -0.39 is 10.9 Å². The number of rotatable bonds is 4. The van der Waals surface area contributed by atoms with E-state index in [1.165, 1.54) is 25.3 Å². The molecule has 0 aliphatic heterocycles. The summed E-state index contributed by atoms with van der Waals surface area (Å²) in [6.45, 7) is 0. The summed E-state index contributed by atoms with van der Waals surface area (Å²) in [4.78, 5) is 21.8. The van der Waals surface area contributed by atoms with Gasteiger partial charge >= 0.3 is 11.7 Å². The molecule has 6 heteroatoms. The van der Waals surface area contributed by atoms with E-state index in [1.54, 1.807) is 12.1 Å². The second kappa shape index (κ2) is 4.19. The Morgan fingerprint density at radius 3 is 2.52 bits per heavy atom. The Balaban J connectivity index is 1.63. The molecule has 0 heterocycles. The molecule has 110 valence electrons. The van der Waals surface area contributed by atoms with Crippen LogP contribution in [0.4, 0.5) is 11.4 Å². The summed E-state index contributed by atoms with van der Waals surface area (Å²) in [5.41, 5.74) is -0.222. The van der Waals surface area contributed by atoms with Gasteiger partial charge in [-0.1, -0.05) is 6.07 Å². The molecule has 3 fully saturated rings. The van der Waals surface area contributed by atoms with Crippen LogP contribution >= 0.6 is 0 Å². The van der Waals surface area contributed by atoms with Crippen LogP contribution in [0.15, 0.2) is 18.2 Å². The maximum absolute atomic E-state index is 11.2. The highest BCUT2D eigenvalue weighted by atomic mass is 16.6. The fraction of sp³-hybridized carbons (Fsp3) is 0.533. The Morgan fingerprint density at radius 2 is 1.95 bits per heavy atom. The quantitative estimate of drug-likeness (QED) is 0.656. The number of hydrogen-bond acceptors (Lipinski definition) is 4. The van der Waals surface area contributed by atoms with Crippen molar-refractivity contribution in [3.63, 3.8) is 0 Å². The summed E-state index contributed by atoms with van der Waals surface area (Å²) in [5, 5.41) is 23.6. The summed E-state index contributed by atoms with van der Waals surface area (Å²) < 4.78 is 0. The molecule has 0 aromatic heterocycles. The van der Waals surface area contributed by atoms with E-state index in [0.29, 0.717) is 23.6 Å². The zero-order chi connectivity index (χ0) is 14.7. The van der Waals surface area contributed by atoms with Crippen LogP contribution in [-0.4, -0.2) is 22.0 Å². The fourth-order valence-electron chi connectivity index (χ4n) is 4.73. The maximum atomic E-state index is 11.2. The van der Waals surface area contributed by atoms with Crippen LogP contribution in [0, 0.1) is 33.8 Å². The molecule has 0 radical (unpaired) electrons. The van der Waals surface area contributed by atoms with Crippen molar-refractivity contribution >= 4 is 17.3 Å². The van der Waals surface area contributed by atoms with Crippen molar-refractivity contribution in [3.05, 3.63) is 33.9 Å². The second-order valence-corrected chi connectivity index (χ2v) is 6.42. The van der Waals surface area contributed by atoms with Gasteiger partial charge in [-0.15, -0.1) is 0 Å². The van der Waals surface area contributed by atoms with Crippen molar-refractivity contribution in [2.24, 2.45) is 23.7 Å². The summed E-state index contributed by atoms with van der Waals surface area (Å²) in [6, 6.07) is 4.74. The smallest absolute Gasteiger partial charge is 0.342 e. The van der Waals surface area contributed by atoms with E-state index in [-0.39, 0.29) is 11.3 Å². The number of nitrogens with one attached hydrogen (secondary N) is 1. The second-order valence-electron chi connectivity index (χ2n) is 6.42. The van der Waals surface area contributed by atoms with Crippen molar-refractivity contribution < 1.29 is 14.8 Å². The first-order chi connectivity index (χ1) is 10.1. The number of carboxylic acids is 1. The van der Waals surface area contributed by atoms with Gasteiger partial charge in [0.25, 0.3) is 0 Å². The third kappa shape index (κ3) is 1.74. The van der Waals surface area contributed by atoms with Gasteiger partial charge in [0.05, 0.1) is 4.92 Å². The monoisotopic (exact) mass is 288 g/mol. The molecule has 4 unspecified atom stereocenters. The summed E-state index contributed by atoms with van der Waals surface area (Å²) in [7, 11) is 0. The SMILES string of the molecule is O=C(O)c1cccc(NC2C3C4CCC(C4)C23)c1[N+](=O)[O-]. The summed E-state index contributed by atoms with van der Waals surface area (Å²) in [6.07, 6.45) is 3.87. The Morgan fingerprint density at radius 1 is 1.29 bits per heavy atom. The number of para-hydroxylation sites is 1. The summed E-state index contributed by atoms with van der Waals surface area (Å²) >= 11 is 0. The lowest BCUT2D eigenvalue weighted by Gasteiger charge is -2.12. The molecule has 3 aliphatic rings. The van der Waals surface area contributed by atoms with Crippen LogP contribution in [0.5, 0.6) is 0 Å². The minimum Gasteiger partial charge on any atom is -0.477 e. The molecule has 1 aromatic carbocycles. The normalized spacial score (nSPS) is 35.3. The highest BCUT2D eigenvalue weighted by Crippen LogP contribution is 2.66. The van der Waals surface area contributed by atoms with E-state index in [4.69, 9.17) is 5.11 Å². The van der Waals surface area contributed by atoms with Crippen LogP contribution in [-0.2, 0) is 0 Å². The molecule has 21 heavy (non-hydrogen) atoms. The standard InChI is InChI=1S/C15H16N2O4/c18-15(19)9-2-1-3-10(14(9)17(20)21)16-13-11-7-4-5-8(6-7)12(11)13/h1-3,7-8,11-13,16H,4-6H2,(H,18,19). The third-order valence-corrected chi connectivity index (χ3v) is 5.51. The first-order valence-corrected chi connectivity index (χ1v) is 7.35. The van der Waals surface area contributed by atoms with Gasteiger partial charge in [0.1, 0.15) is 11.3 Å². The number of hydrogen-bond donors (Lipinski definition) is 2. The molecule has 0 saturated heterocycles. The number of nitro groups is 1. The van der Waals surface area contributed by atoms with Gasteiger partial charge < -0.3 is 10.4 Å². The Bertz CT molecular complexity index is 629. The van der Waals surface area contributed by atoms with Gasteiger partial charge in [0, 0.05) is 6.04 Å². The maximum Gasteiger partial charge on any atom is 0.342 e. The largest absolute Gasteiger partial charge is 0.477 e. The van der Waals surface area contributed by atoms with Crippen molar-refractivity contribution in [2.45, 2.75) is 25.3 Å². The van der Waals surface area contributed by atoms with Crippen LogP contribution in [0.2, 0.25) is 0 Å². The first kappa shape index (κ1) is 12.6. The number of nitrogens with zero attached hydrogens (tertiary/aromatic N) is 1. The van der Waals surface area contributed by atoms with Gasteiger partial charge in [0.15, 0.2) is 0 Å². The lowest BCUT2D eigenvalue weighted by atomic mass is 10.0. The minimum absolute atomic E-state index is 0.251. The fourth-order valence-corrected chi connectivity index (χ4v) is 4.73. The topological polar surface area (TPSA) is 92.5 Å². The highest BCUT2D eigenvalue weighted by Gasteiger charge is 2.65. The van der Waals surface area contributed by atoms with Gasteiger partial charge in [-0.2, -0.15) is 0 Å². The Kier molecular flexibility index (Phi) is 2.52. The highest BCUT2D eigenvalue weighted by molar-refractivity contribution is 5.95. The van der Waals surface area contributed by atoms with E-state index in [1.807, 2.05) is 0 Å². The zero-order valence-electron chi connectivity index (χ0n) is 11.4. The van der Waals surface area contributed by atoms with Gasteiger partial charge in [-0.3, -0.25) is 10.1 Å². The molecule has 2 bridgehead atoms. The molecule has 4 atom stereocenters. The molecule has 0 spiro atoms. The van der Waals surface area contributed by atoms with Gasteiger partial charge in [-0.25, -0.2) is 4.79 Å². The first-order valence-electron chi connectivity index (χ1n) is 7.35. The van der Waals surface area contributed by atoms with Crippen LogP contribution in [0.25, 0.3) is 0 Å². The van der Waals surface area contributed by atoms with E-state index in [9.17, 15) is 14.9 Å². The van der Waals surface area contributed by atoms with Crippen LogP contribution < -0.4 is 5.32 Å². The molecule has 3 saturated carbocycles. The number of anilines is 1. The molecule has 1 aromatic rings. The lowest BCUT2D eigenvalue weighted by Crippen LogP contribution is -2.15. The number of carbonyl (C=O) groups is 1. The number of aromatic carboxylic acids is 1. The average molecular weight is 288 g/mol. The summed E-state index contributed by atoms with van der Waals surface area (Å²) in [5.74, 6) is 1.54. The number of carboxylic acid groups (broad SMARTS) is 1. The molecule has 2 N–H and O–H groups in total. The van der Waals surface area contributed by atoms with Crippen molar-refractivity contribution in [1.82, 2.24) is 0 Å². The molecule has 0 amide bonds. The van der Waals surface area contributed by atoms with Crippen LogP contribution in [0.3, 0.4) is 0 Å². The number of benzene rings is 1. The van der Waals surface area contributed by atoms with Gasteiger partial charge in [-0.05, 0) is 55.1 Å². The van der Waals surface area contributed by atoms with E-state index in [0.717, 1.165) is 11.8 Å². The predicted octanol–water partition coefficient (Wildman–Crippen LogP) is 2.75. The van der Waals surface area contributed by atoms with Crippen LogP contribution in [0.1, 0.15) is 29.6 Å². The Labute approximate surface area is 121 Å².